The van der Waals surface area contributed by atoms with Gasteiger partial charge in [-0.2, -0.15) is 8.78 Å². The smallest absolute Gasteiger partial charge is 0.387 e. The van der Waals surface area contributed by atoms with Gasteiger partial charge in [-0.05, 0) is 50.9 Å². The molecule has 1 aliphatic rings. The highest BCUT2D eigenvalue weighted by Crippen LogP contribution is 2.29. The zero-order valence-corrected chi connectivity index (χ0v) is 14.8. The second kappa shape index (κ2) is 9.56. The summed E-state index contributed by atoms with van der Waals surface area (Å²) in [5.74, 6) is -0.239. The third kappa shape index (κ3) is 5.85. The molecule has 1 aromatic rings. The topological polar surface area (TPSA) is 50.8 Å². The van der Waals surface area contributed by atoms with Crippen molar-refractivity contribution in [3.8, 4) is 11.5 Å². The fourth-order valence-electron chi connectivity index (χ4n) is 3.08. The van der Waals surface area contributed by atoms with Gasteiger partial charge in [0.05, 0.1) is 7.11 Å². The van der Waals surface area contributed by atoms with Gasteiger partial charge in [0, 0.05) is 24.7 Å². The number of rotatable bonds is 8. The average molecular weight is 356 g/mol. The van der Waals surface area contributed by atoms with E-state index in [0.717, 1.165) is 19.5 Å². The van der Waals surface area contributed by atoms with Gasteiger partial charge < -0.3 is 19.7 Å². The average Bonchev–Trinajstić information content (AvgIpc) is 2.59. The first kappa shape index (κ1) is 19.4. The van der Waals surface area contributed by atoms with Gasteiger partial charge in [-0.1, -0.05) is 6.42 Å². The van der Waals surface area contributed by atoms with E-state index in [2.05, 4.69) is 21.9 Å². The minimum atomic E-state index is -2.94. The number of piperidine rings is 1. The fraction of sp³-hybridized carbons (Fsp3) is 0.611. The lowest BCUT2D eigenvalue weighted by Crippen LogP contribution is -2.39. The normalized spacial score (nSPS) is 18.2. The zero-order valence-electron chi connectivity index (χ0n) is 14.8. The van der Waals surface area contributed by atoms with Gasteiger partial charge >= 0.3 is 6.61 Å². The number of carbonyl (C=O) groups is 1. The number of benzene rings is 1. The molecule has 0 bridgehead atoms. The molecule has 1 saturated heterocycles. The molecule has 1 atom stereocenters. The quantitative estimate of drug-likeness (QED) is 0.726. The first-order chi connectivity index (χ1) is 12.0. The van der Waals surface area contributed by atoms with Crippen LogP contribution in [-0.4, -0.2) is 50.2 Å². The highest BCUT2D eigenvalue weighted by atomic mass is 19.3. The Balaban J connectivity index is 1.82. The highest BCUT2D eigenvalue weighted by Gasteiger charge is 2.17. The SMILES string of the molecule is COc1cc(C(=O)NCCCN2CCCC[C@H]2C)ccc1OC(F)F. The van der Waals surface area contributed by atoms with Gasteiger partial charge in [0.2, 0.25) is 0 Å². The van der Waals surface area contributed by atoms with Crippen molar-refractivity contribution in [3.05, 3.63) is 23.8 Å². The van der Waals surface area contributed by atoms with Crippen LogP contribution in [0.2, 0.25) is 0 Å². The molecule has 0 radical (unpaired) electrons. The van der Waals surface area contributed by atoms with Crippen LogP contribution in [0.4, 0.5) is 8.78 Å². The summed E-state index contributed by atoms with van der Waals surface area (Å²) in [5, 5.41) is 2.85. The molecule has 0 saturated carbocycles. The summed E-state index contributed by atoms with van der Waals surface area (Å²) < 4.78 is 34.0. The Labute approximate surface area is 147 Å². The van der Waals surface area contributed by atoms with E-state index in [0.29, 0.717) is 18.2 Å². The molecular formula is C18H26F2N2O3. The maximum atomic E-state index is 12.3. The third-order valence-corrected chi connectivity index (χ3v) is 4.49. The van der Waals surface area contributed by atoms with E-state index in [4.69, 9.17) is 4.74 Å². The summed E-state index contributed by atoms with van der Waals surface area (Å²) in [6, 6.07) is 4.77. The van der Waals surface area contributed by atoms with Crippen LogP contribution >= 0.6 is 0 Å². The number of carbonyl (C=O) groups excluding carboxylic acids is 1. The van der Waals surface area contributed by atoms with Crippen molar-refractivity contribution in [1.29, 1.82) is 0 Å². The molecule has 0 unspecified atom stereocenters. The zero-order chi connectivity index (χ0) is 18.2. The molecule has 2 rings (SSSR count). The summed E-state index contributed by atoms with van der Waals surface area (Å²) in [6.07, 6.45) is 4.64. The number of alkyl halides is 2. The number of hydrogen-bond acceptors (Lipinski definition) is 4. The van der Waals surface area contributed by atoms with Crippen LogP contribution in [0.25, 0.3) is 0 Å². The molecule has 0 spiro atoms. The first-order valence-electron chi connectivity index (χ1n) is 8.66. The molecule has 140 valence electrons. The van der Waals surface area contributed by atoms with E-state index in [-0.39, 0.29) is 17.4 Å². The fourth-order valence-corrected chi connectivity index (χ4v) is 3.08. The van der Waals surface area contributed by atoms with Crippen LogP contribution in [0.3, 0.4) is 0 Å². The van der Waals surface area contributed by atoms with Crippen molar-refractivity contribution in [3.63, 3.8) is 0 Å². The summed E-state index contributed by atoms with van der Waals surface area (Å²) in [4.78, 5) is 14.6. The number of methoxy groups -OCH3 is 1. The molecule has 1 heterocycles. The second-order valence-electron chi connectivity index (χ2n) is 6.23. The summed E-state index contributed by atoms with van der Waals surface area (Å²) in [7, 11) is 1.34. The Kier molecular flexibility index (Phi) is 7.43. The minimum Gasteiger partial charge on any atom is -0.493 e. The number of likely N-dealkylation sites (tertiary alicyclic amines) is 1. The van der Waals surface area contributed by atoms with E-state index in [1.54, 1.807) is 0 Å². The predicted octanol–water partition coefficient (Wildman–Crippen LogP) is 3.29. The maximum absolute atomic E-state index is 12.3. The van der Waals surface area contributed by atoms with Crippen molar-refractivity contribution in [2.75, 3.05) is 26.7 Å². The number of ether oxygens (including phenoxy) is 2. The standard InChI is InChI=1S/C18H26F2N2O3/c1-13-6-3-4-10-22(13)11-5-9-21-17(23)14-7-8-15(25-18(19)20)16(12-14)24-2/h7-8,12-13,18H,3-6,9-11H2,1-2H3,(H,21,23)/t13-/m1/s1. The Hall–Kier alpha value is -1.89. The minimum absolute atomic E-state index is 0.0897. The number of amides is 1. The van der Waals surface area contributed by atoms with Crippen molar-refractivity contribution in [1.82, 2.24) is 10.2 Å². The monoisotopic (exact) mass is 356 g/mol. The number of nitrogens with one attached hydrogen (secondary N) is 1. The van der Waals surface area contributed by atoms with E-state index in [1.807, 2.05) is 0 Å². The van der Waals surface area contributed by atoms with Gasteiger partial charge in [0.25, 0.3) is 5.91 Å². The molecular weight excluding hydrogens is 330 g/mol. The molecule has 0 aliphatic carbocycles. The van der Waals surface area contributed by atoms with Crippen LogP contribution in [0.5, 0.6) is 11.5 Å². The molecule has 1 aliphatic heterocycles. The lowest BCUT2D eigenvalue weighted by molar-refractivity contribution is -0.0512. The summed E-state index contributed by atoms with van der Waals surface area (Å²) >= 11 is 0. The Bertz CT molecular complexity index is 569. The number of hydrogen-bond donors (Lipinski definition) is 1. The van der Waals surface area contributed by atoms with Crippen molar-refractivity contribution in [2.24, 2.45) is 0 Å². The molecule has 0 aromatic heterocycles. The van der Waals surface area contributed by atoms with E-state index in [1.165, 1.54) is 44.6 Å². The molecule has 1 fully saturated rings. The lowest BCUT2D eigenvalue weighted by Gasteiger charge is -2.33. The van der Waals surface area contributed by atoms with Gasteiger partial charge in [-0.3, -0.25) is 4.79 Å². The van der Waals surface area contributed by atoms with E-state index < -0.39 is 6.61 Å². The largest absolute Gasteiger partial charge is 0.493 e. The van der Waals surface area contributed by atoms with Gasteiger partial charge in [-0.15, -0.1) is 0 Å². The van der Waals surface area contributed by atoms with Crippen LogP contribution in [0, 0.1) is 0 Å². The van der Waals surface area contributed by atoms with Crippen LogP contribution in [-0.2, 0) is 0 Å². The van der Waals surface area contributed by atoms with E-state index in [9.17, 15) is 13.6 Å². The molecule has 1 N–H and O–H groups in total. The van der Waals surface area contributed by atoms with Gasteiger partial charge in [0.15, 0.2) is 11.5 Å². The Morgan fingerprint density at radius 1 is 1.36 bits per heavy atom. The van der Waals surface area contributed by atoms with Crippen LogP contribution in [0.1, 0.15) is 43.0 Å². The molecule has 1 aromatic carbocycles. The number of halogens is 2. The second-order valence-corrected chi connectivity index (χ2v) is 6.23. The predicted molar refractivity (Wildman–Crippen MR) is 91.5 cm³/mol. The third-order valence-electron chi connectivity index (χ3n) is 4.49. The van der Waals surface area contributed by atoms with Gasteiger partial charge in [0.1, 0.15) is 0 Å². The molecule has 25 heavy (non-hydrogen) atoms. The van der Waals surface area contributed by atoms with Gasteiger partial charge in [-0.25, -0.2) is 0 Å². The molecule has 5 nitrogen and oxygen atoms in total. The van der Waals surface area contributed by atoms with Crippen LogP contribution in [0.15, 0.2) is 18.2 Å². The van der Waals surface area contributed by atoms with Crippen molar-refractivity contribution < 1.29 is 23.0 Å². The number of nitrogens with zero attached hydrogens (tertiary/aromatic N) is 1. The lowest BCUT2D eigenvalue weighted by atomic mass is 10.0. The van der Waals surface area contributed by atoms with Crippen molar-refractivity contribution in [2.45, 2.75) is 45.3 Å². The van der Waals surface area contributed by atoms with Crippen LogP contribution < -0.4 is 14.8 Å². The highest BCUT2D eigenvalue weighted by molar-refractivity contribution is 5.94. The summed E-state index contributed by atoms with van der Waals surface area (Å²) in [6.45, 7) is 1.96. The van der Waals surface area contributed by atoms with Crippen molar-refractivity contribution >= 4 is 5.91 Å². The maximum Gasteiger partial charge on any atom is 0.387 e. The molecule has 1 amide bonds. The summed E-state index contributed by atoms with van der Waals surface area (Å²) in [5.41, 5.74) is 0.352. The first-order valence-corrected chi connectivity index (χ1v) is 8.66. The Morgan fingerprint density at radius 3 is 2.84 bits per heavy atom. The molecule has 7 heteroatoms. The van der Waals surface area contributed by atoms with E-state index >= 15 is 0 Å². The Morgan fingerprint density at radius 2 is 2.16 bits per heavy atom.